The Hall–Kier alpha value is -3.98. The molecular formula is C35H42N5O3S. The van der Waals surface area contributed by atoms with Crippen LogP contribution in [0.2, 0.25) is 0 Å². The van der Waals surface area contributed by atoms with Crippen LogP contribution in [0.4, 0.5) is 15.5 Å². The van der Waals surface area contributed by atoms with E-state index in [9.17, 15) is 14.4 Å². The van der Waals surface area contributed by atoms with Crippen molar-refractivity contribution in [3.05, 3.63) is 82.4 Å². The highest BCUT2D eigenvalue weighted by molar-refractivity contribution is 7.16. The summed E-state index contributed by atoms with van der Waals surface area (Å²) in [5, 5.41) is 6.34. The van der Waals surface area contributed by atoms with Gasteiger partial charge in [0.25, 0.3) is 5.91 Å². The van der Waals surface area contributed by atoms with Gasteiger partial charge in [-0.25, -0.2) is 4.79 Å². The van der Waals surface area contributed by atoms with Crippen LogP contribution in [-0.4, -0.2) is 58.3 Å². The number of aryl methyl sites for hydroxylation is 1. The molecule has 1 fully saturated rings. The average molecular weight is 613 g/mol. The van der Waals surface area contributed by atoms with Crippen LogP contribution in [-0.2, 0) is 15.6 Å². The van der Waals surface area contributed by atoms with Crippen molar-refractivity contribution in [1.82, 2.24) is 14.8 Å². The van der Waals surface area contributed by atoms with Crippen LogP contribution in [0, 0.1) is 13.3 Å². The fourth-order valence-electron chi connectivity index (χ4n) is 5.53. The lowest BCUT2D eigenvalue weighted by Gasteiger charge is -2.44. The molecule has 0 saturated carbocycles. The second-order valence-electron chi connectivity index (χ2n) is 13.8. The minimum Gasteiger partial charge on any atom is -0.342 e. The molecule has 4 amide bonds. The molecule has 2 aromatic heterocycles. The molecule has 2 N–H and O–H groups in total. The molecule has 0 bridgehead atoms. The Kier molecular flexibility index (Phi) is 7.99. The SMILES string of the molecule is Cc1ccc(NC(=O)Nc2sc(C(C)(C)C)cc2C(=O)N2CCN(C)C(=O)C2(C)C)cc1-c1ccc(C(C)(C)C2=C[CH]2)nc1. The summed E-state index contributed by atoms with van der Waals surface area (Å²) in [5.41, 5.74) is 4.95. The Bertz CT molecular complexity index is 1660. The van der Waals surface area contributed by atoms with Gasteiger partial charge < -0.3 is 15.1 Å². The summed E-state index contributed by atoms with van der Waals surface area (Å²) in [6.07, 6.45) is 6.12. The van der Waals surface area contributed by atoms with E-state index < -0.39 is 11.6 Å². The van der Waals surface area contributed by atoms with Gasteiger partial charge in [-0.3, -0.25) is 19.9 Å². The normalized spacial score (nSPS) is 16.5. The standard InChI is InChI=1S/C35H42N5O3S/c1-21-10-14-24(18-25(21)22-11-15-27(36-20-22)34(5,6)23-12-13-23)37-32(43)38-29-26(19-28(44-29)33(2,3)4)30(41)40-17-16-39(9)31(42)35(40,7)8/h10-15,18-20H,16-17H2,1-9H3,(H2,37,38,43). The topological polar surface area (TPSA) is 94.6 Å². The van der Waals surface area contributed by atoms with E-state index in [1.165, 1.54) is 16.9 Å². The lowest BCUT2D eigenvalue weighted by molar-refractivity contribution is -0.144. The minimum atomic E-state index is -0.998. The highest BCUT2D eigenvalue weighted by Gasteiger charge is 2.44. The number of pyridine rings is 1. The van der Waals surface area contributed by atoms with E-state index in [2.05, 4.69) is 69.9 Å². The molecule has 1 aliphatic heterocycles. The first-order valence-electron chi connectivity index (χ1n) is 14.9. The van der Waals surface area contributed by atoms with Crippen molar-refractivity contribution in [2.24, 2.45) is 0 Å². The van der Waals surface area contributed by atoms with Gasteiger partial charge in [0, 0.05) is 54.3 Å². The highest BCUT2D eigenvalue weighted by atomic mass is 32.1. The maximum atomic E-state index is 13.9. The van der Waals surface area contributed by atoms with Crippen molar-refractivity contribution in [2.75, 3.05) is 30.8 Å². The molecule has 44 heavy (non-hydrogen) atoms. The van der Waals surface area contributed by atoms with Gasteiger partial charge in [0.15, 0.2) is 0 Å². The Morgan fingerprint density at radius 3 is 2.32 bits per heavy atom. The fourth-order valence-corrected chi connectivity index (χ4v) is 6.63. The van der Waals surface area contributed by atoms with Crippen LogP contribution in [0.1, 0.15) is 75.0 Å². The Morgan fingerprint density at radius 1 is 1.00 bits per heavy atom. The van der Waals surface area contributed by atoms with Crippen LogP contribution < -0.4 is 10.6 Å². The first-order valence-corrected chi connectivity index (χ1v) is 15.7. The molecule has 3 heterocycles. The zero-order chi connectivity index (χ0) is 32.2. The van der Waals surface area contributed by atoms with Gasteiger partial charge in [-0.15, -0.1) is 11.3 Å². The number of carbonyl (C=O) groups excluding carboxylic acids is 3. The number of carbonyl (C=O) groups is 3. The van der Waals surface area contributed by atoms with Gasteiger partial charge in [-0.05, 0) is 61.6 Å². The Balaban J connectivity index is 1.37. The first kappa shape index (κ1) is 31.4. The molecule has 1 radical (unpaired) electrons. The fraction of sp³-hybridized carbons (Fsp3) is 0.400. The zero-order valence-corrected chi connectivity index (χ0v) is 27.9. The van der Waals surface area contributed by atoms with Crippen LogP contribution in [0.25, 0.3) is 11.1 Å². The van der Waals surface area contributed by atoms with Crippen molar-refractivity contribution >= 4 is 39.9 Å². The molecule has 5 rings (SSSR count). The second kappa shape index (κ2) is 11.2. The maximum absolute atomic E-state index is 13.9. The highest BCUT2D eigenvalue weighted by Crippen LogP contribution is 2.40. The van der Waals surface area contributed by atoms with Gasteiger partial charge in [0.2, 0.25) is 5.91 Å². The average Bonchev–Trinajstić information content (AvgIpc) is 3.73. The molecule has 3 aromatic rings. The molecule has 8 nitrogen and oxygen atoms in total. The van der Waals surface area contributed by atoms with Crippen LogP contribution in [0.3, 0.4) is 0 Å². The number of aromatic nitrogens is 1. The molecule has 0 atom stereocenters. The summed E-state index contributed by atoms with van der Waals surface area (Å²) in [5.74, 6) is -0.385. The van der Waals surface area contributed by atoms with E-state index in [4.69, 9.17) is 4.98 Å². The Labute approximate surface area is 264 Å². The summed E-state index contributed by atoms with van der Waals surface area (Å²) in [7, 11) is 1.75. The summed E-state index contributed by atoms with van der Waals surface area (Å²) in [6, 6.07) is 11.3. The second-order valence-corrected chi connectivity index (χ2v) is 14.9. The van der Waals surface area contributed by atoms with E-state index >= 15 is 0 Å². The number of anilines is 2. The number of nitrogens with zero attached hydrogens (tertiary/aromatic N) is 3. The number of amides is 4. The number of hydrogen-bond acceptors (Lipinski definition) is 5. The van der Waals surface area contributed by atoms with Crippen molar-refractivity contribution in [2.45, 2.75) is 71.8 Å². The number of nitrogens with one attached hydrogen (secondary N) is 2. The summed E-state index contributed by atoms with van der Waals surface area (Å²) >= 11 is 1.38. The number of benzene rings is 1. The van der Waals surface area contributed by atoms with Gasteiger partial charge in [-0.1, -0.05) is 58.4 Å². The molecule has 9 heteroatoms. The number of thiophene rings is 1. The summed E-state index contributed by atoms with van der Waals surface area (Å²) < 4.78 is 0. The lowest BCUT2D eigenvalue weighted by atomic mass is 9.85. The zero-order valence-electron chi connectivity index (χ0n) is 27.1. The molecule has 2 aliphatic rings. The third-order valence-electron chi connectivity index (χ3n) is 8.64. The number of piperazine rings is 1. The van der Waals surface area contributed by atoms with E-state index in [1.54, 1.807) is 30.7 Å². The molecule has 231 valence electrons. The molecule has 1 saturated heterocycles. The largest absolute Gasteiger partial charge is 0.342 e. The third-order valence-corrected chi connectivity index (χ3v) is 10.1. The van der Waals surface area contributed by atoms with Crippen LogP contribution in [0.5, 0.6) is 0 Å². The number of allylic oxidation sites excluding steroid dienone is 2. The van der Waals surface area contributed by atoms with Crippen molar-refractivity contribution in [3.8, 4) is 11.1 Å². The van der Waals surface area contributed by atoms with Crippen LogP contribution in [0.15, 0.2) is 54.2 Å². The van der Waals surface area contributed by atoms with E-state index in [-0.39, 0.29) is 22.6 Å². The predicted molar refractivity (Wildman–Crippen MR) is 178 cm³/mol. The quantitative estimate of drug-likeness (QED) is 0.309. The van der Waals surface area contributed by atoms with Crippen molar-refractivity contribution in [3.63, 3.8) is 0 Å². The first-order chi connectivity index (χ1) is 20.5. The number of hydrogen-bond donors (Lipinski definition) is 2. The van der Waals surface area contributed by atoms with E-state index in [1.807, 2.05) is 37.4 Å². The molecule has 1 aromatic carbocycles. The monoisotopic (exact) mass is 612 g/mol. The number of urea groups is 1. The van der Waals surface area contributed by atoms with Gasteiger partial charge >= 0.3 is 6.03 Å². The van der Waals surface area contributed by atoms with E-state index in [0.29, 0.717) is 29.3 Å². The molecule has 1 aliphatic carbocycles. The van der Waals surface area contributed by atoms with Gasteiger partial charge in [0.05, 0.1) is 11.3 Å². The maximum Gasteiger partial charge on any atom is 0.324 e. The van der Waals surface area contributed by atoms with Crippen molar-refractivity contribution < 1.29 is 14.4 Å². The number of likely N-dealkylation sites (N-methyl/N-ethyl adjacent to an activating group) is 1. The van der Waals surface area contributed by atoms with Gasteiger partial charge in [-0.2, -0.15) is 0 Å². The van der Waals surface area contributed by atoms with Crippen molar-refractivity contribution in [1.29, 1.82) is 0 Å². The number of rotatable bonds is 6. The van der Waals surface area contributed by atoms with E-state index in [0.717, 1.165) is 27.3 Å². The lowest BCUT2D eigenvalue weighted by Crippen LogP contribution is -2.63. The third kappa shape index (κ3) is 6.02. The predicted octanol–water partition coefficient (Wildman–Crippen LogP) is 7.17. The molecule has 0 unspecified atom stereocenters. The van der Waals surface area contributed by atoms with Crippen LogP contribution >= 0.6 is 11.3 Å². The van der Waals surface area contributed by atoms with Gasteiger partial charge in [0.1, 0.15) is 10.5 Å². The molecular weight excluding hydrogens is 570 g/mol. The summed E-state index contributed by atoms with van der Waals surface area (Å²) in [6.45, 7) is 17.0. The smallest absolute Gasteiger partial charge is 0.324 e. The Morgan fingerprint density at radius 2 is 1.70 bits per heavy atom. The summed E-state index contributed by atoms with van der Waals surface area (Å²) in [4.78, 5) is 49.2. The minimum absolute atomic E-state index is 0.113. The molecule has 0 spiro atoms.